The lowest BCUT2D eigenvalue weighted by molar-refractivity contribution is -0.118. The van der Waals surface area contributed by atoms with Crippen LogP contribution in [-0.4, -0.2) is 23.6 Å². The highest BCUT2D eigenvalue weighted by Crippen LogP contribution is 2.29. The Hall–Kier alpha value is -1.82. The van der Waals surface area contributed by atoms with E-state index in [0.717, 1.165) is 0 Å². The number of amides is 2. The number of benzene rings is 1. The van der Waals surface area contributed by atoms with Crippen LogP contribution in [-0.2, 0) is 16.0 Å². The predicted octanol–water partition coefficient (Wildman–Crippen LogP) is 2.87. The van der Waals surface area contributed by atoms with Crippen LogP contribution in [0.1, 0.15) is 26.3 Å². The number of fused-ring (bicyclic) bond motifs is 1. The molecular weight excluding hydrogens is 299 g/mol. The number of nitrogens with one attached hydrogen (secondary N) is 2. The average molecular weight is 315 g/mol. The quantitative estimate of drug-likeness (QED) is 0.837. The molecular formula is C14H16ClFN2O3. The van der Waals surface area contributed by atoms with Crippen molar-refractivity contribution in [2.45, 2.75) is 38.8 Å². The Morgan fingerprint density at radius 1 is 1.48 bits per heavy atom. The van der Waals surface area contributed by atoms with Gasteiger partial charge in [-0.1, -0.05) is 11.6 Å². The van der Waals surface area contributed by atoms with Crippen molar-refractivity contribution in [3.05, 3.63) is 28.5 Å². The number of carbonyl (C=O) groups excluding carboxylic acids is 2. The molecule has 0 aliphatic carbocycles. The van der Waals surface area contributed by atoms with Gasteiger partial charge in [0.15, 0.2) is 0 Å². The van der Waals surface area contributed by atoms with E-state index in [4.69, 9.17) is 16.3 Å². The van der Waals surface area contributed by atoms with Gasteiger partial charge in [-0.05, 0) is 32.9 Å². The molecule has 0 bridgehead atoms. The monoisotopic (exact) mass is 314 g/mol. The molecule has 21 heavy (non-hydrogen) atoms. The van der Waals surface area contributed by atoms with Gasteiger partial charge in [0.2, 0.25) is 5.91 Å². The van der Waals surface area contributed by atoms with Crippen molar-refractivity contribution in [2.24, 2.45) is 0 Å². The minimum Gasteiger partial charge on any atom is -0.444 e. The Bertz CT molecular complexity index is 599. The lowest BCUT2D eigenvalue weighted by atomic mass is 9.98. The molecule has 1 aromatic rings. The molecule has 0 spiro atoms. The van der Waals surface area contributed by atoms with Gasteiger partial charge in [-0.2, -0.15) is 0 Å². The van der Waals surface area contributed by atoms with Gasteiger partial charge in [-0.3, -0.25) is 4.79 Å². The Kier molecular flexibility index (Phi) is 4.09. The molecule has 0 saturated carbocycles. The Balaban J connectivity index is 2.14. The van der Waals surface area contributed by atoms with Crippen molar-refractivity contribution in [2.75, 3.05) is 5.32 Å². The number of hydrogen-bond donors (Lipinski definition) is 2. The molecule has 1 heterocycles. The summed E-state index contributed by atoms with van der Waals surface area (Å²) in [6.07, 6.45) is -0.677. The highest BCUT2D eigenvalue weighted by molar-refractivity contribution is 6.31. The summed E-state index contributed by atoms with van der Waals surface area (Å²) in [6.45, 7) is 5.14. The fourth-order valence-corrected chi connectivity index (χ4v) is 2.21. The van der Waals surface area contributed by atoms with Crippen LogP contribution < -0.4 is 10.6 Å². The van der Waals surface area contributed by atoms with Crippen molar-refractivity contribution < 1.29 is 18.7 Å². The van der Waals surface area contributed by atoms with E-state index in [-0.39, 0.29) is 11.4 Å². The third kappa shape index (κ3) is 3.85. The molecule has 0 unspecified atom stereocenters. The molecule has 0 fully saturated rings. The Morgan fingerprint density at radius 3 is 2.76 bits per heavy atom. The van der Waals surface area contributed by atoms with Crippen LogP contribution in [0.15, 0.2) is 12.1 Å². The number of alkyl carbamates (subject to hydrolysis) is 1. The third-order valence-corrected chi connectivity index (χ3v) is 3.05. The predicted molar refractivity (Wildman–Crippen MR) is 76.9 cm³/mol. The maximum absolute atomic E-state index is 13.9. The van der Waals surface area contributed by atoms with Crippen molar-refractivity contribution in [3.63, 3.8) is 0 Å². The standard InChI is InChI=1S/C14H16ClFN2O3/c1-14(2,3)21-13(20)18-11-6-8-9(16)4-7(15)5-10(8)17-12(11)19/h4-5,11H,6H2,1-3H3,(H,17,19)(H,18,20)/t11-/m1/s1. The minimum absolute atomic E-state index is 0.0451. The fourth-order valence-electron chi connectivity index (χ4n) is 2.01. The van der Waals surface area contributed by atoms with Crippen LogP contribution >= 0.6 is 11.6 Å². The zero-order valence-corrected chi connectivity index (χ0v) is 12.7. The molecule has 7 heteroatoms. The molecule has 2 amide bonds. The van der Waals surface area contributed by atoms with E-state index in [1.807, 2.05) is 0 Å². The van der Waals surface area contributed by atoms with E-state index in [0.29, 0.717) is 11.3 Å². The Labute approximate surface area is 126 Å². The molecule has 5 nitrogen and oxygen atoms in total. The highest BCUT2D eigenvalue weighted by Gasteiger charge is 2.31. The SMILES string of the molecule is CC(C)(C)OC(=O)N[C@@H]1Cc2c(F)cc(Cl)cc2NC1=O. The molecule has 0 saturated heterocycles. The first kappa shape index (κ1) is 15.6. The molecule has 0 radical (unpaired) electrons. The minimum atomic E-state index is -0.886. The molecule has 2 rings (SSSR count). The first-order valence-electron chi connectivity index (χ1n) is 6.44. The Morgan fingerprint density at radius 2 is 2.14 bits per heavy atom. The summed E-state index contributed by atoms with van der Waals surface area (Å²) in [5, 5.41) is 5.16. The summed E-state index contributed by atoms with van der Waals surface area (Å²) in [7, 11) is 0. The van der Waals surface area contributed by atoms with E-state index >= 15 is 0 Å². The number of halogens is 2. The van der Waals surface area contributed by atoms with Crippen molar-refractivity contribution in [3.8, 4) is 0 Å². The van der Waals surface area contributed by atoms with Gasteiger partial charge in [-0.15, -0.1) is 0 Å². The van der Waals surface area contributed by atoms with Crippen molar-refractivity contribution >= 4 is 29.3 Å². The van der Waals surface area contributed by atoms with Gasteiger partial charge in [-0.25, -0.2) is 9.18 Å². The van der Waals surface area contributed by atoms with E-state index in [1.165, 1.54) is 12.1 Å². The van der Waals surface area contributed by atoms with Gasteiger partial charge in [0.1, 0.15) is 17.5 Å². The highest BCUT2D eigenvalue weighted by atomic mass is 35.5. The topological polar surface area (TPSA) is 67.4 Å². The first-order valence-corrected chi connectivity index (χ1v) is 6.82. The third-order valence-electron chi connectivity index (χ3n) is 2.83. The molecule has 1 atom stereocenters. The molecule has 1 aliphatic heterocycles. The number of hydrogen-bond acceptors (Lipinski definition) is 3. The maximum Gasteiger partial charge on any atom is 0.408 e. The summed E-state index contributed by atoms with van der Waals surface area (Å²) < 4.78 is 18.9. The second-order valence-corrected chi connectivity index (χ2v) is 6.24. The lowest BCUT2D eigenvalue weighted by Gasteiger charge is -2.27. The number of rotatable bonds is 1. The van der Waals surface area contributed by atoms with Crippen LogP contribution in [0.25, 0.3) is 0 Å². The second-order valence-electron chi connectivity index (χ2n) is 5.81. The smallest absolute Gasteiger partial charge is 0.408 e. The molecule has 0 aromatic heterocycles. The van der Waals surface area contributed by atoms with Crippen LogP contribution in [0.4, 0.5) is 14.9 Å². The first-order chi connectivity index (χ1) is 9.65. The summed E-state index contributed by atoms with van der Waals surface area (Å²) in [5.41, 5.74) is -0.0429. The van der Waals surface area contributed by atoms with Gasteiger partial charge < -0.3 is 15.4 Å². The lowest BCUT2D eigenvalue weighted by Crippen LogP contribution is -2.49. The van der Waals surface area contributed by atoms with Crippen LogP contribution in [0.2, 0.25) is 5.02 Å². The van der Waals surface area contributed by atoms with E-state index in [1.54, 1.807) is 20.8 Å². The van der Waals surface area contributed by atoms with E-state index in [9.17, 15) is 14.0 Å². The van der Waals surface area contributed by atoms with Gasteiger partial charge in [0, 0.05) is 22.7 Å². The van der Waals surface area contributed by atoms with Gasteiger partial charge >= 0.3 is 6.09 Å². The van der Waals surface area contributed by atoms with Crippen molar-refractivity contribution in [1.82, 2.24) is 5.32 Å². The van der Waals surface area contributed by atoms with E-state index < -0.39 is 29.5 Å². The average Bonchev–Trinajstić information content (AvgIpc) is 2.28. The van der Waals surface area contributed by atoms with Crippen LogP contribution in [0, 0.1) is 5.82 Å². The van der Waals surface area contributed by atoms with Gasteiger partial charge in [0.05, 0.1) is 0 Å². The van der Waals surface area contributed by atoms with Crippen LogP contribution in [0.5, 0.6) is 0 Å². The molecule has 1 aromatic carbocycles. The fraction of sp³-hybridized carbons (Fsp3) is 0.429. The molecule has 1 aliphatic rings. The van der Waals surface area contributed by atoms with Crippen LogP contribution in [0.3, 0.4) is 0 Å². The summed E-state index contributed by atoms with van der Waals surface area (Å²) in [5.74, 6) is -0.955. The number of carbonyl (C=O) groups is 2. The number of anilines is 1. The molecule has 114 valence electrons. The normalized spacial score (nSPS) is 17.8. The van der Waals surface area contributed by atoms with E-state index in [2.05, 4.69) is 10.6 Å². The zero-order chi connectivity index (χ0) is 15.8. The summed E-state index contributed by atoms with van der Waals surface area (Å²) >= 11 is 5.74. The number of ether oxygens (including phenoxy) is 1. The summed E-state index contributed by atoms with van der Waals surface area (Å²) in [4.78, 5) is 23.6. The summed E-state index contributed by atoms with van der Waals surface area (Å²) in [6, 6.07) is 1.76. The maximum atomic E-state index is 13.9. The largest absolute Gasteiger partial charge is 0.444 e. The van der Waals surface area contributed by atoms with Crippen molar-refractivity contribution in [1.29, 1.82) is 0 Å². The molecule has 2 N–H and O–H groups in total. The zero-order valence-electron chi connectivity index (χ0n) is 11.9. The second kappa shape index (κ2) is 5.52. The van der Waals surface area contributed by atoms with Gasteiger partial charge in [0.25, 0.3) is 0 Å².